The van der Waals surface area contributed by atoms with E-state index >= 15 is 0 Å². The number of carbonyl (C=O) groups excluding carboxylic acids is 1. The number of thiophene rings is 1. The van der Waals surface area contributed by atoms with E-state index in [0.29, 0.717) is 6.42 Å². The number of aromatic nitrogens is 2. The summed E-state index contributed by atoms with van der Waals surface area (Å²) in [6.07, 6.45) is 4.26. The van der Waals surface area contributed by atoms with Gasteiger partial charge in [-0.05, 0) is 35.7 Å². The topological polar surface area (TPSA) is 60.1 Å². The fraction of sp³-hybridized carbons (Fsp3) is 0.182. The molecule has 0 amide bonds. The summed E-state index contributed by atoms with van der Waals surface area (Å²) in [5, 5.41) is 5.53. The summed E-state index contributed by atoms with van der Waals surface area (Å²) < 4.78 is 7.76. The van der Waals surface area contributed by atoms with Crippen molar-refractivity contribution in [1.29, 1.82) is 0 Å². The minimum atomic E-state index is -0.241. The van der Waals surface area contributed by atoms with Gasteiger partial charge < -0.3 is 14.3 Å². The molecule has 138 valence electrons. The number of nitrogens with one attached hydrogen (secondary N) is 1. The highest BCUT2D eigenvalue weighted by atomic mass is 32.1. The van der Waals surface area contributed by atoms with Gasteiger partial charge in [-0.3, -0.25) is 4.79 Å². The highest BCUT2D eigenvalue weighted by molar-refractivity contribution is 7.10. The molecule has 6 heteroatoms. The molecule has 0 fully saturated rings. The van der Waals surface area contributed by atoms with Gasteiger partial charge in [0, 0.05) is 22.9 Å². The summed E-state index contributed by atoms with van der Waals surface area (Å²) in [5.74, 6) is 1.56. The van der Waals surface area contributed by atoms with Crippen molar-refractivity contribution < 1.29 is 9.21 Å². The first-order chi connectivity index (χ1) is 13.8. The lowest BCUT2D eigenvalue weighted by Gasteiger charge is -2.38. The molecule has 1 N–H and O–H groups in total. The van der Waals surface area contributed by atoms with Crippen LogP contribution in [0.15, 0.2) is 76.4 Å². The molecule has 4 heterocycles. The standard InChI is InChI=1S/C22H17N3O2S/c26-17-12-13(18-7-3-9-27-18)11-15-20(17)21(19-8-4-10-28-19)25-16-6-2-1-5-14(16)23-22(25)24-15/h1-11,13,20-21H,12H2,(H,23,24)/t13-,20+,21+/m0/s1. The van der Waals surface area contributed by atoms with Gasteiger partial charge in [0.25, 0.3) is 0 Å². The van der Waals surface area contributed by atoms with Crippen molar-refractivity contribution in [3.63, 3.8) is 0 Å². The summed E-state index contributed by atoms with van der Waals surface area (Å²) in [5.41, 5.74) is 2.91. The Bertz CT molecular complexity index is 1200. The van der Waals surface area contributed by atoms with Crippen molar-refractivity contribution in [3.05, 3.63) is 82.6 Å². The Kier molecular flexibility index (Phi) is 3.37. The Balaban J connectivity index is 1.57. The maximum atomic E-state index is 13.4. The number of imidazole rings is 1. The average Bonchev–Trinajstić information content (AvgIpc) is 3.46. The molecule has 0 radical (unpaired) electrons. The van der Waals surface area contributed by atoms with E-state index in [1.807, 2.05) is 36.4 Å². The maximum Gasteiger partial charge on any atom is 0.208 e. The van der Waals surface area contributed by atoms with Crippen LogP contribution in [0.1, 0.15) is 29.0 Å². The zero-order valence-corrected chi connectivity index (χ0v) is 15.7. The van der Waals surface area contributed by atoms with Gasteiger partial charge in [-0.1, -0.05) is 24.3 Å². The molecule has 2 aliphatic rings. The molecule has 6 rings (SSSR count). The van der Waals surface area contributed by atoms with Crippen LogP contribution in [0.3, 0.4) is 0 Å². The van der Waals surface area contributed by atoms with E-state index in [9.17, 15) is 4.79 Å². The number of allylic oxidation sites excluding steroid dienone is 2. The zero-order chi connectivity index (χ0) is 18.7. The zero-order valence-electron chi connectivity index (χ0n) is 14.9. The van der Waals surface area contributed by atoms with Crippen molar-refractivity contribution in [1.82, 2.24) is 9.55 Å². The molecule has 0 bridgehead atoms. The number of hydrogen-bond donors (Lipinski definition) is 1. The second-order valence-corrected chi connectivity index (χ2v) is 8.25. The highest BCUT2D eigenvalue weighted by Crippen LogP contribution is 2.47. The van der Waals surface area contributed by atoms with E-state index in [0.717, 1.165) is 28.4 Å². The third-order valence-electron chi connectivity index (χ3n) is 5.67. The van der Waals surface area contributed by atoms with E-state index in [1.54, 1.807) is 17.6 Å². The number of rotatable bonds is 2. The third kappa shape index (κ3) is 2.24. The number of para-hydroxylation sites is 2. The van der Waals surface area contributed by atoms with Crippen LogP contribution in [0.2, 0.25) is 0 Å². The van der Waals surface area contributed by atoms with Crippen molar-refractivity contribution >= 4 is 34.1 Å². The number of benzene rings is 1. The molecule has 1 aromatic carbocycles. The molecule has 0 unspecified atom stereocenters. The first-order valence-electron chi connectivity index (χ1n) is 9.35. The number of ketones is 1. The normalized spacial score (nSPS) is 23.8. The van der Waals surface area contributed by atoms with Gasteiger partial charge in [0.15, 0.2) is 0 Å². The molecule has 3 atom stereocenters. The SMILES string of the molecule is O=C1C[C@@H](c2ccco2)C=C2Nc3nc4ccccc4n3[C@H](c3cccs3)[C@@H]12. The predicted octanol–water partition coefficient (Wildman–Crippen LogP) is 4.96. The van der Waals surface area contributed by atoms with Gasteiger partial charge in [-0.2, -0.15) is 0 Å². The molecule has 28 heavy (non-hydrogen) atoms. The Hall–Kier alpha value is -3.12. The molecule has 4 aromatic rings. The van der Waals surface area contributed by atoms with Crippen molar-refractivity contribution in [2.24, 2.45) is 5.92 Å². The number of furan rings is 1. The van der Waals surface area contributed by atoms with Crippen LogP contribution < -0.4 is 5.32 Å². The van der Waals surface area contributed by atoms with Gasteiger partial charge in [-0.15, -0.1) is 11.3 Å². The van der Waals surface area contributed by atoms with Gasteiger partial charge in [-0.25, -0.2) is 4.98 Å². The molecular formula is C22H17N3O2S. The fourth-order valence-corrected chi connectivity index (χ4v) is 5.34. The maximum absolute atomic E-state index is 13.4. The smallest absolute Gasteiger partial charge is 0.208 e. The third-order valence-corrected chi connectivity index (χ3v) is 6.62. The van der Waals surface area contributed by atoms with Crippen LogP contribution in [0.4, 0.5) is 5.95 Å². The van der Waals surface area contributed by atoms with Crippen LogP contribution in [-0.4, -0.2) is 15.3 Å². The number of hydrogen-bond acceptors (Lipinski definition) is 5. The Morgan fingerprint density at radius 3 is 2.89 bits per heavy atom. The van der Waals surface area contributed by atoms with E-state index < -0.39 is 0 Å². The second-order valence-electron chi connectivity index (χ2n) is 7.27. The Morgan fingerprint density at radius 1 is 1.14 bits per heavy atom. The van der Waals surface area contributed by atoms with Gasteiger partial charge >= 0.3 is 0 Å². The molecule has 0 saturated heterocycles. The van der Waals surface area contributed by atoms with E-state index in [2.05, 4.69) is 33.5 Å². The lowest BCUT2D eigenvalue weighted by molar-refractivity contribution is -0.123. The van der Waals surface area contributed by atoms with E-state index in [1.165, 1.54) is 4.88 Å². The molecule has 1 aliphatic carbocycles. The summed E-state index contributed by atoms with van der Waals surface area (Å²) in [6.45, 7) is 0. The number of carbonyl (C=O) groups is 1. The van der Waals surface area contributed by atoms with Crippen LogP contribution in [0, 0.1) is 5.92 Å². The summed E-state index contributed by atoms with van der Waals surface area (Å²) in [6, 6.07) is 16.0. The Labute approximate surface area is 165 Å². The van der Waals surface area contributed by atoms with Crippen LogP contribution >= 0.6 is 11.3 Å². The van der Waals surface area contributed by atoms with Crippen molar-refractivity contribution in [2.75, 3.05) is 5.32 Å². The summed E-state index contributed by atoms with van der Waals surface area (Å²) in [7, 11) is 0. The molecule has 0 saturated carbocycles. The predicted molar refractivity (Wildman–Crippen MR) is 108 cm³/mol. The fourth-order valence-electron chi connectivity index (χ4n) is 4.49. The van der Waals surface area contributed by atoms with Gasteiger partial charge in [0.05, 0.1) is 29.3 Å². The first kappa shape index (κ1) is 15.9. The summed E-state index contributed by atoms with van der Waals surface area (Å²) >= 11 is 1.69. The Morgan fingerprint density at radius 2 is 2.07 bits per heavy atom. The average molecular weight is 387 g/mol. The molecule has 5 nitrogen and oxygen atoms in total. The van der Waals surface area contributed by atoms with E-state index in [4.69, 9.17) is 9.40 Å². The lowest BCUT2D eigenvalue weighted by atomic mass is 9.78. The second kappa shape index (κ2) is 5.94. The number of anilines is 1. The highest BCUT2D eigenvalue weighted by Gasteiger charge is 2.44. The van der Waals surface area contributed by atoms with Gasteiger partial charge in [0.2, 0.25) is 5.95 Å². The summed E-state index contributed by atoms with van der Waals surface area (Å²) in [4.78, 5) is 19.3. The number of fused-ring (bicyclic) bond motifs is 4. The largest absolute Gasteiger partial charge is 0.469 e. The van der Waals surface area contributed by atoms with Crippen molar-refractivity contribution in [3.8, 4) is 0 Å². The number of Topliss-reactive ketones (excluding diaryl/α,β-unsaturated/α-hetero) is 1. The van der Waals surface area contributed by atoms with Crippen LogP contribution in [0.25, 0.3) is 11.0 Å². The number of nitrogens with zero attached hydrogens (tertiary/aromatic N) is 2. The van der Waals surface area contributed by atoms with Crippen LogP contribution in [-0.2, 0) is 4.79 Å². The van der Waals surface area contributed by atoms with Crippen molar-refractivity contribution in [2.45, 2.75) is 18.4 Å². The molecule has 1 aliphatic heterocycles. The molecule has 0 spiro atoms. The minimum absolute atomic E-state index is 0.0406. The monoisotopic (exact) mass is 387 g/mol. The quantitative estimate of drug-likeness (QED) is 0.528. The van der Waals surface area contributed by atoms with Gasteiger partial charge in [0.1, 0.15) is 11.5 Å². The van der Waals surface area contributed by atoms with E-state index in [-0.39, 0.29) is 23.7 Å². The molecular weight excluding hydrogens is 370 g/mol. The lowest BCUT2D eigenvalue weighted by Crippen LogP contribution is -2.39. The minimum Gasteiger partial charge on any atom is -0.469 e. The molecule has 3 aromatic heterocycles. The van der Waals surface area contributed by atoms with Crippen LogP contribution in [0.5, 0.6) is 0 Å². The first-order valence-corrected chi connectivity index (χ1v) is 10.2.